The number of thiazole rings is 1. The number of imidazole rings is 1. The molecule has 3 aromatic rings. The number of hydrogen-bond donors (Lipinski definition) is 0. The highest BCUT2D eigenvalue weighted by Gasteiger charge is 2.12. The number of hydrogen-bond acceptors (Lipinski definition) is 5. The standard InChI is InChI=1S/C13H11N3OS2/c1-17-14-9-11-12(15-13-16(11)7-8-18-13)19-10-5-3-2-4-6-10/h2-9H,1H3/b14-9-. The van der Waals surface area contributed by atoms with E-state index in [0.29, 0.717) is 0 Å². The third-order valence-electron chi connectivity index (χ3n) is 2.50. The van der Waals surface area contributed by atoms with Crippen LogP contribution in [0, 0.1) is 0 Å². The van der Waals surface area contributed by atoms with Gasteiger partial charge < -0.3 is 4.84 Å². The van der Waals surface area contributed by atoms with E-state index in [9.17, 15) is 0 Å². The average molecular weight is 289 g/mol. The summed E-state index contributed by atoms with van der Waals surface area (Å²) in [5, 5.41) is 6.78. The van der Waals surface area contributed by atoms with Gasteiger partial charge in [-0.1, -0.05) is 35.1 Å². The largest absolute Gasteiger partial charge is 0.399 e. The molecule has 0 spiro atoms. The van der Waals surface area contributed by atoms with Crippen LogP contribution in [-0.4, -0.2) is 22.7 Å². The lowest BCUT2D eigenvalue weighted by molar-refractivity contribution is 0.215. The van der Waals surface area contributed by atoms with Crippen LogP contribution >= 0.6 is 23.1 Å². The summed E-state index contributed by atoms with van der Waals surface area (Å²) in [6.07, 6.45) is 3.68. The van der Waals surface area contributed by atoms with E-state index in [-0.39, 0.29) is 0 Å². The molecule has 0 N–H and O–H groups in total. The van der Waals surface area contributed by atoms with Crippen molar-refractivity contribution in [3.8, 4) is 0 Å². The summed E-state index contributed by atoms with van der Waals surface area (Å²) in [5.74, 6) is 0. The molecule has 0 saturated heterocycles. The van der Waals surface area contributed by atoms with Gasteiger partial charge in [-0.25, -0.2) is 4.98 Å². The monoisotopic (exact) mass is 289 g/mol. The summed E-state index contributed by atoms with van der Waals surface area (Å²) in [7, 11) is 1.53. The van der Waals surface area contributed by atoms with Crippen LogP contribution in [0.5, 0.6) is 0 Å². The van der Waals surface area contributed by atoms with Crippen molar-refractivity contribution < 1.29 is 4.84 Å². The van der Waals surface area contributed by atoms with Crippen LogP contribution < -0.4 is 0 Å². The first-order chi connectivity index (χ1) is 9.38. The minimum atomic E-state index is 0.929. The van der Waals surface area contributed by atoms with E-state index in [1.54, 1.807) is 29.3 Å². The predicted octanol–water partition coefficient (Wildman–Crippen LogP) is 3.53. The zero-order valence-corrected chi connectivity index (χ0v) is 11.8. The number of rotatable bonds is 4. The highest BCUT2D eigenvalue weighted by atomic mass is 32.2. The Morgan fingerprint density at radius 1 is 1.37 bits per heavy atom. The highest BCUT2D eigenvalue weighted by Crippen LogP contribution is 2.30. The van der Waals surface area contributed by atoms with E-state index in [4.69, 9.17) is 4.84 Å². The van der Waals surface area contributed by atoms with Crippen molar-refractivity contribution >= 4 is 34.3 Å². The Hall–Kier alpha value is -1.79. The Balaban J connectivity index is 2.02. The van der Waals surface area contributed by atoms with Gasteiger partial charge in [-0.05, 0) is 12.1 Å². The molecule has 0 aliphatic rings. The molecule has 2 heterocycles. The Morgan fingerprint density at radius 2 is 2.21 bits per heavy atom. The van der Waals surface area contributed by atoms with Gasteiger partial charge >= 0.3 is 0 Å². The molecular weight excluding hydrogens is 278 g/mol. The van der Waals surface area contributed by atoms with Crippen molar-refractivity contribution in [3.63, 3.8) is 0 Å². The maximum atomic E-state index is 4.77. The van der Waals surface area contributed by atoms with Gasteiger partial charge in [0, 0.05) is 16.5 Å². The van der Waals surface area contributed by atoms with Crippen LogP contribution in [0.4, 0.5) is 0 Å². The molecular formula is C13H11N3OS2. The van der Waals surface area contributed by atoms with Crippen molar-refractivity contribution in [1.29, 1.82) is 0 Å². The molecule has 0 unspecified atom stereocenters. The van der Waals surface area contributed by atoms with E-state index >= 15 is 0 Å². The summed E-state index contributed by atoms with van der Waals surface area (Å²) in [6.45, 7) is 0. The molecule has 0 saturated carbocycles. The molecule has 0 aliphatic heterocycles. The maximum Gasteiger partial charge on any atom is 0.195 e. The normalized spacial score (nSPS) is 11.4. The summed E-state index contributed by atoms with van der Waals surface area (Å²) in [4.78, 5) is 11.5. The van der Waals surface area contributed by atoms with Crippen molar-refractivity contribution in [1.82, 2.24) is 9.38 Å². The molecule has 19 heavy (non-hydrogen) atoms. The molecule has 0 aliphatic carbocycles. The van der Waals surface area contributed by atoms with E-state index < -0.39 is 0 Å². The van der Waals surface area contributed by atoms with E-state index in [1.807, 2.05) is 34.2 Å². The van der Waals surface area contributed by atoms with Crippen molar-refractivity contribution in [2.75, 3.05) is 7.11 Å². The molecule has 4 nitrogen and oxygen atoms in total. The van der Waals surface area contributed by atoms with Gasteiger partial charge in [-0.3, -0.25) is 4.40 Å². The van der Waals surface area contributed by atoms with Crippen LogP contribution in [0.15, 0.2) is 57.0 Å². The zero-order valence-electron chi connectivity index (χ0n) is 10.2. The molecule has 2 aromatic heterocycles. The molecule has 1 aromatic carbocycles. The lowest BCUT2D eigenvalue weighted by Crippen LogP contribution is -1.90. The molecule has 0 bridgehead atoms. The van der Waals surface area contributed by atoms with Crippen LogP contribution in [0.25, 0.3) is 4.96 Å². The zero-order chi connectivity index (χ0) is 13.1. The number of fused-ring (bicyclic) bond motifs is 1. The Kier molecular flexibility index (Phi) is 3.52. The SMILES string of the molecule is CO/N=C\c1c(Sc2ccccc2)nc2sccn12. The summed E-state index contributed by atoms with van der Waals surface area (Å²) in [6, 6.07) is 10.2. The second-order valence-electron chi connectivity index (χ2n) is 3.69. The molecule has 96 valence electrons. The summed E-state index contributed by atoms with van der Waals surface area (Å²) in [5.41, 5.74) is 0.937. The van der Waals surface area contributed by atoms with Crippen LogP contribution in [-0.2, 0) is 4.84 Å². The van der Waals surface area contributed by atoms with Crippen LogP contribution in [0.1, 0.15) is 5.69 Å². The average Bonchev–Trinajstić information content (AvgIpc) is 2.99. The Morgan fingerprint density at radius 3 is 3.00 bits per heavy atom. The second-order valence-corrected chi connectivity index (χ2v) is 5.63. The van der Waals surface area contributed by atoms with Crippen LogP contribution in [0.3, 0.4) is 0 Å². The van der Waals surface area contributed by atoms with Crippen molar-refractivity contribution in [3.05, 3.63) is 47.6 Å². The van der Waals surface area contributed by atoms with Gasteiger partial charge in [0.1, 0.15) is 17.8 Å². The third-order valence-corrected chi connectivity index (χ3v) is 4.26. The van der Waals surface area contributed by atoms with Gasteiger partial charge in [0.05, 0.1) is 6.21 Å². The first-order valence-corrected chi connectivity index (χ1v) is 7.33. The Bertz CT molecular complexity index is 703. The van der Waals surface area contributed by atoms with Gasteiger partial charge in [0.2, 0.25) is 0 Å². The van der Waals surface area contributed by atoms with Crippen molar-refractivity contribution in [2.24, 2.45) is 5.16 Å². The highest BCUT2D eigenvalue weighted by molar-refractivity contribution is 7.99. The topological polar surface area (TPSA) is 38.9 Å². The maximum absolute atomic E-state index is 4.77. The fourth-order valence-corrected chi connectivity index (χ4v) is 3.36. The number of oxime groups is 1. The minimum Gasteiger partial charge on any atom is -0.399 e. The lowest BCUT2D eigenvalue weighted by atomic mass is 10.4. The first kappa shape index (κ1) is 12.3. The summed E-state index contributed by atoms with van der Waals surface area (Å²) >= 11 is 3.23. The fourth-order valence-electron chi connectivity index (χ4n) is 1.68. The summed E-state index contributed by atoms with van der Waals surface area (Å²) < 4.78 is 2.01. The molecule has 0 atom stereocenters. The van der Waals surface area contributed by atoms with Gasteiger partial charge in [0.25, 0.3) is 0 Å². The molecule has 0 radical (unpaired) electrons. The van der Waals surface area contributed by atoms with Crippen molar-refractivity contribution in [2.45, 2.75) is 9.92 Å². The predicted molar refractivity (Wildman–Crippen MR) is 78.2 cm³/mol. The fraction of sp³-hybridized carbons (Fsp3) is 0.0769. The quantitative estimate of drug-likeness (QED) is 0.545. The van der Waals surface area contributed by atoms with Gasteiger partial charge in [-0.2, -0.15) is 0 Å². The number of benzene rings is 1. The molecule has 6 heteroatoms. The first-order valence-electron chi connectivity index (χ1n) is 5.63. The minimum absolute atomic E-state index is 0.929. The van der Waals surface area contributed by atoms with Gasteiger partial charge in [0.15, 0.2) is 4.96 Å². The molecule has 3 rings (SSSR count). The number of nitrogens with zero attached hydrogens (tertiary/aromatic N) is 3. The van der Waals surface area contributed by atoms with Crippen LogP contribution in [0.2, 0.25) is 0 Å². The molecule has 0 amide bonds. The Labute approximate surface area is 118 Å². The second kappa shape index (κ2) is 5.46. The van der Waals surface area contributed by atoms with Gasteiger partial charge in [-0.15, -0.1) is 11.3 Å². The number of aromatic nitrogens is 2. The van der Waals surface area contributed by atoms with E-state index in [2.05, 4.69) is 22.3 Å². The van der Waals surface area contributed by atoms with E-state index in [0.717, 1.165) is 20.6 Å². The third kappa shape index (κ3) is 2.50. The van der Waals surface area contributed by atoms with E-state index in [1.165, 1.54) is 7.11 Å². The lowest BCUT2D eigenvalue weighted by Gasteiger charge is -1.99. The molecule has 0 fully saturated rings. The smallest absolute Gasteiger partial charge is 0.195 e.